The van der Waals surface area contributed by atoms with Crippen molar-refractivity contribution >= 4 is 11.4 Å². The first-order valence-electron chi connectivity index (χ1n) is 6.94. The van der Waals surface area contributed by atoms with Gasteiger partial charge in [0.2, 0.25) is 0 Å². The minimum Gasteiger partial charge on any atom is -0.492 e. The lowest BCUT2D eigenvalue weighted by molar-refractivity contribution is 0.122. The van der Waals surface area contributed by atoms with E-state index in [0.29, 0.717) is 37.9 Å². The first-order valence-corrected chi connectivity index (χ1v) is 6.94. The Kier molecular flexibility index (Phi) is 5.17. The lowest BCUT2D eigenvalue weighted by Crippen LogP contribution is -2.36. The van der Waals surface area contributed by atoms with Gasteiger partial charge in [0.15, 0.2) is 0 Å². The first-order chi connectivity index (χ1) is 9.80. The van der Waals surface area contributed by atoms with E-state index in [-0.39, 0.29) is 0 Å². The van der Waals surface area contributed by atoms with Gasteiger partial charge in [-0.3, -0.25) is 0 Å². The molecule has 1 N–H and O–H groups in total. The van der Waals surface area contributed by atoms with E-state index in [9.17, 15) is 0 Å². The molecule has 0 atom stereocenters. The maximum absolute atomic E-state index is 7.26. The molecule has 1 fully saturated rings. The predicted octanol–water partition coefficient (Wildman–Crippen LogP) is 2.98. The van der Waals surface area contributed by atoms with Crippen molar-refractivity contribution in [1.29, 1.82) is 5.53 Å². The summed E-state index contributed by atoms with van der Waals surface area (Å²) in [6, 6.07) is 3.68. The van der Waals surface area contributed by atoms with Crippen LogP contribution < -0.4 is 14.4 Å². The first kappa shape index (κ1) is 14.6. The molecule has 1 aromatic rings. The SMILES string of the molecule is CCOc1cc(N2CCOCC2)c(OCC)cc1N=N. The number of morpholine rings is 1. The van der Waals surface area contributed by atoms with Crippen molar-refractivity contribution in [2.24, 2.45) is 5.11 Å². The third-order valence-electron chi connectivity index (χ3n) is 3.11. The van der Waals surface area contributed by atoms with Gasteiger partial charge in [-0.2, -0.15) is 5.11 Å². The molecule has 1 heterocycles. The third-order valence-corrected chi connectivity index (χ3v) is 3.11. The van der Waals surface area contributed by atoms with Gasteiger partial charge in [-0.05, 0) is 13.8 Å². The highest BCUT2D eigenvalue weighted by Crippen LogP contribution is 2.40. The second-order valence-corrected chi connectivity index (χ2v) is 4.36. The molecule has 20 heavy (non-hydrogen) atoms. The largest absolute Gasteiger partial charge is 0.492 e. The monoisotopic (exact) mass is 279 g/mol. The van der Waals surface area contributed by atoms with Crippen molar-refractivity contribution < 1.29 is 14.2 Å². The normalized spacial score (nSPS) is 15.0. The lowest BCUT2D eigenvalue weighted by Gasteiger charge is -2.30. The second-order valence-electron chi connectivity index (χ2n) is 4.36. The van der Waals surface area contributed by atoms with Crippen molar-refractivity contribution in [2.75, 3.05) is 44.4 Å². The Hall–Kier alpha value is -1.82. The van der Waals surface area contributed by atoms with Gasteiger partial charge >= 0.3 is 0 Å². The van der Waals surface area contributed by atoms with Crippen LogP contribution in [0.2, 0.25) is 0 Å². The zero-order valence-electron chi connectivity index (χ0n) is 12.0. The van der Waals surface area contributed by atoms with Crippen LogP contribution in [0.1, 0.15) is 13.8 Å². The van der Waals surface area contributed by atoms with Crippen molar-refractivity contribution in [3.8, 4) is 11.5 Å². The van der Waals surface area contributed by atoms with E-state index in [0.717, 1.165) is 24.5 Å². The fourth-order valence-electron chi connectivity index (χ4n) is 2.22. The summed E-state index contributed by atoms with van der Waals surface area (Å²) in [5, 5.41) is 3.52. The van der Waals surface area contributed by atoms with Gasteiger partial charge in [0, 0.05) is 25.2 Å². The van der Waals surface area contributed by atoms with Crippen molar-refractivity contribution in [2.45, 2.75) is 13.8 Å². The van der Waals surface area contributed by atoms with Crippen LogP contribution in [0.4, 0.5) is 11.4 Å². The van der Waals surface area contributed by atoms with Crippen LogP contribution in [0.25, 0.3) is 0 Å². The van der Waals surface area contributed by atoms with Crippen LogP contribution in [0.15, 0.2) is 17.2 Å². The summed E-state index contributed by atoms with van der Waals surface area (Å²) < 4.78 is 16.6. The number of benzene rings is 1. The highest BCUT2D eigenvalue weighted by Gasteiger charge is 2.19. The summed E-state index contributed by atoms with van der Waals surface area (Å²) in [6.07, 6.45) is 0. The second kappa shape index (κ2) is 7.09. The van der Waals surface area contributed by atoms with Gasteiger partial charge in [-0.1, -0.05) is 0 Å². The van der Waals surface area contributed by atoms with Crippen LogP contribution in [-0.4, -0.2) is 39.5 Å². The molecule has 0 saturated carbocycles. The number of nitrogens with one attached hydrogen (secondary N) is 1. The molecular formula is C14H21N3O3. The Morgan fingerprint density at radius 2 is 1.80 bits per heavy atom. The molecule has 0 radical (unpaired) electrons. The summed E-state index contributed by atoms with van der Waals surface area (Å²) in [6.45, 7) is 8.03. The van der Waals surface area contributed by atoms with Gasteiger partial charge in [0.1, 0.15) is 17.2 Å². The van der Waals surface area contributed by atoms with Gasteiger partial charge in [-0.25, -0.2) is 5.53 Å². The van der Waals surface area contributed by atoms with Crippen molar-refractivity contribution in [1.82, 2.24) is 0 Å². The molecule has 0 amide bonds. The summed E-state index contributed by atoms with van der Waals surface area (Å²) in [5.74, 6) is 1.36. The maximum Gasteiger partial charge on any atom is 0.149 e. The maximum atomic E-state index is 7.26. The van der Waals surface area contributed by atoms with Crippen molar-refractivity contribution in [3.05, 3.63) is 12.1 Å². The molecule has 0 aliphatic carbocycles. The van der Waals surface area contributed by atoms with E-state index in [2.05, 4.69) is 10.0 Å². The Bertz CT molecular complexity index is 459. The molecule has 0 unspecified atom stereocenters. The molecule has 0 spiro atoms. The summed E-state index contributed by atoms with van der Waals surface area (Å²) >= 11 is 0. The number of rotatable bonds is 6. The molecule has 1 aliphatic rings. The zero-order valence-corrected chi connectivity index (χ0v) is 12.0. The Morgan fingerprint density at radius 3 is 2.40 bits per heavy atom. The molecule has 2 rings (SSSR count). The van der Waals surface area contributed by atoms with Crippen LogP contribution in [-0.2, 0) is 4.74 Å². The topological polar surface area (TPSA) is 67.1 Å². The number of ether oxygens (including phenoxy) is 3. The number of hydrogen-bond donors (Lipinski definition) is 1. The molecular weight excluding hydrogens is 258 g/mol. The molecule has 0 bridgehead atoms. The highest BCUT2D eigenvalue weighted by atomic mass is 16.5. The number of anilines is 1. The quantitative estimate of drug-likeness (QED) is 0.813. The zero-order chi connectivity index (χ0) is 14.4. The average Bonchev–Trinajstić information content (AvgIpc) is 2.49. The van der Waals surface area contributed by atoms with E-state index in [1.165, 1.54) is 0 Å². The summed E-state index contributed by atoms with van der Waals surface area (Å²) in [4.78, 5) is 2.21. The molecule has 1 aliphatic heterocycles. The molecule has 0 aromatic heterocycles. The van der Waals surface area contributed by atoms with Gasteiger partial charge in [0.25, 0.3) is 0 Å². The van der Waals surface area contributed by atoms with Gasteiger partial charge in [-0.15, -0.1) is 0 Å². The molecule has 1 aromatic carbocycles. The minimum atomic E-state index is 0.493. The van der Waals surface area contributed by atoms with Crippen LogP contribution >= 0.6 is 0 Å². The third kappa shape index (κ3) is 3.19. The van der Waals surface area contributed by atoms with Crippen LogP contribution in [0.5, 0.6) is 11.5 Å². The lowest BCUT2D eigenvalue weighted by atomic mass is 10.2. The Labute approximate surface area is 119 Å². The summed E-state index contributed by atoms with van der Waals surface area (Å²) in [5.41, 5.74) is 8.73. The molecule has 6 nitrogen and oxygen atoms in total. The van der Waals surface area contributed by atoms with E-state index < -0.39 is 0 Å². The summed E-state index contributed by atoms with van der Waals surface area (Å²) in [7, 11) is 0. The van der Waals surface area contributed by atoms with E-state index in [1.54, 1.807) is 6.07 Å². The van der Waals surface area contributed by atoms with Crippen molar-refractivity contribution in [3.63, 3.8) is 0 Å². The predicted molar refractivity (Wildman–Crippen MR) is 76.6 cm³/mol. The highest BCUT2D eigenvalue weighted by molar-refractivity contribution is 5.70. The number of nitrogens with zero attached hydrogens (tertiary/aromatic N) is 2. The van der Waals surface area contributed by atoms with Crippen LogP contribution in [0.3, 0.4) is 0 Å². The Morgan fingerprint density at radius 1 is 1.15 bits per heavy atom. The van der Waals surface area contributed by atoms with E-state index in [1.807, 2.05) is 19.9 Å². The standard InChI is InChI=1S/C14H21N3O3/c1-3-19-13-10-12(17-5-7-18-8-6-17)14(20-4-2)9-11(13)16-15/h9-10,15H,3-8H2,1-2H3. The van der Waals surface area contributed by atoms with E-state index in [4.69, 9.17) is 19.7 Å². The van der Waals surface area contributed by atoms with E-state index >= 15 is 0 Å². The minimum absolute atomic E-state index is 0.493. The molecule has 110 valence electrons. The molecule has 1 saturated heterocycles. The average molecular weight is 279 g/mol. The smallest absolute Gasteiger partial charge is 0.149 e. The number of hydrogen-bond acceptors (Lipinski definition) is 6. The van der Waals surface area contributed by atoms with Crippen LogP contribution in [0, 0.1) is 5.53 Å². The Balaban J connectivity index is 2.39. The molecule has 6 heteroatoms. The van der Waals surface area contributed by atoms with Gasteiger partial charge in [0.05, 0.1) is 32.1 Å². The fourth-order valence-corrected chi connectivity index (χ4v) is 2.22. The fraction of sp³-hybridized carbons (Fsp3) is 0.571. The van der Waals surface area contributed by atoms with Gasteiger partial charge < -0.3 is 19.1 Å².